The van der Waals surface area contributed by atoms with E-state index in [-0.39, 0.29) is 24.7 Å². The first-order valence-corrected chi connectivity index (χ1v) is 7.66. The number of aliphatic hydroxyl groups is 1. The molecule has 22 heavy (non-hydrogen) atoms. The van der Waals surface area contributed by atoms with Crippen molar-refractivity contribution in [3.05, 3.63) is 35.9 Å². The topological polar surface area (TPSA) is 92.4 Å². The van der Waals surface area contributed by atoms with E-state index < -0.39 is 18.2 Å². The summed E-state index contributed by atoms with van der Waals surface area (Å²) in [5, 5.41) is 12.7. The standard InChI is InChI=1S/C17H26N2O3/c1-12(2)15(11-20)19-17(22)9-8-16(21)14(18)10-13-6-4-3-5-7-13/h3-7,11-12,14-16,21H,8-10,18H2,1-2H3,(H,19,22). The number of carbonyl (C=O) groups is 2. The molecule has 0 saturated carbocycles. The molecule has 4 N–H and O–H groups in total. The highest BCUT2D eigenvalue weighted by Gasteiger charge is 2.19. The second-order valence-corrected chi connectivity index (χ2v) is 5.93. The third kappa shape index (κ3) is 6.37. The first-order valence-electron chi connectivity index (χ1n) is 7.66. The van der Waals surface area contributed by atoms with Crippen LogP contribution in [0.3, 0.4) is 0 Å². The fraction of sp³-hybridized carbons (Fsp3) is 0.529. The molecular formula is C17H26N2O3. The van der Waals surface area contributed by atoms with E-state index in [4.69, 9.17) is 5.73 Å². The van der Waals surface area contributed by atoms with Gasteiger partial charge in [0.2, 0.25) is 5.91 Å². The summed E-state index contributed by atoms with van der Waals surface area (Å²) in [7, 11) is 0. The third-order valence-corrected chi connectivity index (χ3v) is 3.67. The van der Waals surface area contributed by atoms with Crippen molar-refractivity contribution in [2.75, 3.05) is 0 Å². The van der Waals surface area contributed by atoms with Crippen LogP contribution in [-0.4, -0.2) is 35.5 Å². The Balaban J connectivity index is 2.36. The first-order chi connectivity index (χ1) is 10.4. The maximum atomic E-state index is 11.8. The minimum atomic E-state index is -0.750. The summed E-state index contributed by atoms with van der Waals surface area (Å²) in [5.74, 6) is -0.191. The highest BCUT2D eigenvalue weighted by Crippen LogP contribution is 2.09. The van der Waals surface area contributed by atoms with Gasteiger partial charge in [-0.3, -0.25) is 4.79 Å². The van der Waals surface area contributed by atoms with Crippen molar-refractivity contribution < 1.29 is 14.7 Å². The maximum Gasteiger partial charge on any atom is 0.220 e. The van der Waals surface area contributed by atoms with Gasteiger partial charge in [0, 0.05) is 12.5 Å². The predicted molar refractivity (Wildman–Crippen MR) is 86.2 cm³/mol. The van der Waals surface area contributed by atoms with Gasteiger partial charge in [-0.15, -0.1) is 0 Å². The number of aliphatic hydroxyl groups excluding tert-OH is 1. The number of nitrogens with one attached hydrogen (secondary N) is 1. The molecule has 0 aliphatic carbocycles. The largest absolute Gasteiger partial charge is 0.391 e. The van der Waals surface area contributed by atoms with Crippen LogP contribution in [0.15, 0.2) is 30.3 Å². The van der Waals surface area contributed by atoms with Crippen LogP contribution in [0, 0.1) is 5.92 Å². The lowest BCUT2D eigenvalue weighted by atomic mass is 9.99. The van der Waals surface area contributed by atoms with E-state index in [1.807, 2.05) is 44.2 Å². The molecule has 122 valence electrons. The van der Waals surface area contributed by atoms with Crippen molar-refractivity contribution in [1.29, 1.82) is 0 Å². The first kappa shape index (κ1) is 18.3. The zero-order valence-electron chi connectivity index (χ0n) is 13.2. The molecule has 0 aromatic heterocycles. The van der Waals surface area contributed by atoms with E-state index in [9.17, 15) is 14.7 Å². The molecule has 0 heterocycles. The van der Waals surface area contributed by atoms with Gasteiger partial charge in [0.25, 0.3) is 0 Å². The van der Waals surface area contributed by atoms with E-state index in [0.29, 0.717) is 6.42 Å². The average molecular weight is 306 g/mol. The third-order valence-electron chi connectivity index (χ3n) is 3.67. The Hall–Kier alpha value is -1.72. The average Bonchev–Trinajstić information content (AvgIpc) is 2.50. The molecule has 0 spiro atoms. The van der Waals surface area contributed by atoms with E-state index in [1.54, 1.807) is 0 Å². The zero-order chi connectivity index (χ0) is 16.5. The number of hydrogen-bond donors (Lipinski definition) is 3. The van der Waals surface area contributed by atoms with Crippen molar-refractivity contribution in [3.63, 3.8) is 0 Å². The van der Waals surface area contributed by atoms with Crippen LogP contribution >= 0.6 is 0 Å². The number of carbonyl (C=O) groups excluding carboxylic acids is 2. The molecule has 3 unspecified atom stereocenters. The molecular weight excluding hydrogens is 280 g/mol. The molecule has 0 saturated heterocycles. The molecule has 1 aromatic rings. The summed E-state index contributed by atoms with van der Waals surface area (Å²) in [5.41, 5.74) is 7.03. The second-order valence-electron chi connectivity index (χ2n) is 5.93. The second kappa shape index (κ2) is 9.33. The van der Waals surface area contributed by atoms with Crippen molar-refractivity contribution >= 4 is 12.2 Å². The summed E-state index contributed by atoms with van der Waals surface area (Å²) in [6, 6.07) is 8.78. The van der Waals surface area contributed by atoms with Crippen LogP contribution < -0.4 is 11.1 Å². The van der Waals surface area contributed by atoms with Gasteiger partial charge in [0.05, 0.1) is 12.1 Å². The summed E-state index contributed by atoms with van der Waals surface area (Å²) < 4.78 is 0. The highest BCUT2D eigenvalue weighted by molar-refractivity contribution is 5.79. The SMILES string of the molecule is CC(C)C(C=O)NC(=O)CCC(O)C(N)Cc1ccccc1. The summed E-state index contributed by atoms with van der Waals surface area (Å²) >= 11 is 0. The van der Waals surface area contributed by atoms with Gasteiger partial charge in [-0.05, 0) is 24.3 Å². The van der Waals surface area contributed by atoms with Crippen LogP contribution in [0.5, 0.6) is 0 Å². The van der Waals surface area contributed by atoms with Gasteiger partial charge < -0.3 is 21.0 Å². The minimum Gasteiger partial charge on any atom is -0.391 e. The molecule has 0 bridgehead atoms. The van der Waals surface area contributed by atoms with Crippen molar-refractivity contribution in [2.45, 2.75) is 51.3 Å². The van der Waals surface area contributed by atoms with E-state index >= 15 is 0 Å². The van der Waals surface area contributed by atoms with Gasteiger partial charge in [0.1, 0.15) is 6.29 Å². The predicted octanol–water partition coefficient (Wildman–Crippen LogP) is 1.04. The van der Waals surface area contributed by atoms with E-state index in [0.717, 1.165) is 11.8 Å². The van der Waals surface area contributed by atoms with Gasteiger partial charge >= 0.3 is 0 Å². The Labute approximate surface area is 131 Å². The Morgan fingerprint density at radius 3 is 2.50 bits per heavy atom. The van der Waals surface area contributed by atoms with E-state index in [2.05, 4.69) is 5.32 Å². The number of amides is 1. The summed E-state index contributed by atoms with van der Waals surface area (Å²) in [6.45, 7) is 3.73. The van der Waals surface area contributed by atoms with Crippen LogP contribution in [-0.2, 0) is 16.0 Å². The molecule has 5 nitrogen and oxygen atoms in total. The Morgan fingerprint density at radius 1 is 1.32 bits per heavy atom. The quantitative estimate of drug-likeness (QED) is 0.594. The van der Waals surface area contributed by atoms with Gasteiger partial charge in [-0.2, -0.15) is 0 Å². The number of rotatable bonds is 9. The molecule has 0 aliphatic rings. The smallest absolute Gasteiger partial charge is 0.220 e. The Bertz CT molecular complexity index is 462. The molecule has 0 fully saturated rings. The number of hydrogen-bond acceptors (Lipinski definition) is 4. The van der Waals surface area contributed by atoms with Crippen LogP contribution in [0.1, 0.15) is 32.3 Å². The molecule has 3 atom stereocenters. The lowest BCUT2D eigenvalue weighted by Crippen LogP contribution is -2.41. The lowest BCUT2D eigenvalue weighted by molar-refractivity contribution is -0.125. The zero-order valence-corrected chi connectivity index (χ0v) is 13.2. The lowest BCUT2D eigenvalue weighted by Gasteiger charge is -2.20. The molecule has 0 radical (unpaired) electrons. The number of benzene rings is 1. The fourth-order valence-corrected chi connectivity index (χ4v) is 2.13. The number of aldehydes is 1. The van der Waals surface area contributed by atoms with Crippen molar-refractivity contribution in [3.8, 4) is 0 Å². The monoisotopic (exact) mass is 306 g/mol. The van der Waals surface area contributed by atoms with Gasteiger partial charge in [-0.25, -0.2) is 0 Å². The highest BCUT2D eigenvalue weighted by atomic mass is 16.3. The molecule has 1 rings (SSSR count). The fourth-order valence-electron chi connectivity index (χ4n) is 2.13. The summed E-state index contributed by atoms with van der Waals surface area (Å²) in [4.78, 5) is 22.6. The Kier molecular flexibility index (Phi) is 7.77. The van der Waals surface area contributed by atoms with E-state index in [1.165, 1.54) is 0 Å². The molecule has 0 aliphatic heterocycles. The molecule has 1 aromatic carbocycles. The van der Waals surface area contributed by atoms with Crippen LogP contribution in [0.2, 0.25) is 0 Å². The van der Waals surface area contributed by atoms with Gasteiger partial charge in [-0.1, -0.05) is 44.2 Å². The van der Waals surface area contributed by atoms with Crippen molar-refractivity contribution in [1.82, 2.24) is 5.32 Å². The van der Waals surface area contributed by atoms with Gasteiger partial charge in [0.15, 0.2) is 0 Å². The summed E-state index contributed by atoms with van der Waals surface area (Å²) in [6.07, 6.45) is 0.983. The Morgan fingerprint density at radius 2 is 1.95 bits per heavy atom. The van der Waals surface area contributed by atoms with Crippen molar-refractivity contribution in [2.24, 2.45) is 11.7 Å². The minimum absolute atomic E-state index is 0.0479. The van der Waals surface area contributed by atoms with Crippen LogP contribution in [0.25, 0.3) is 0 Å². The maximum absolute atomic E-state index is 11.8. The van der Waals surface area contributed by atoms with Crippen LogP contribution in [0.4, 0.5) is 0 Å². The number of nitrogens with two attached hydrogens (primary N) is 1. The molecule has 1 amide bonds. The normalized spacial score (nSPS) is 15.1. The molecule has 5 heteroatoms.